The summed E-state index contributed by atoms with van der Waals surface area (Å²) in [7, 11) is 1.56. The van der Waals surface area contributed by atoms with Crippen LogP contribution in [0.5, 0.6) is 28.7 Å². The number of phenols is 1. The van der Waals surface area contributed by atoms with Crippen LogP contribution in [0.1, 0.15) is 5.56 Å². The summed E-state index contributed by atoms with van der Waals surface area (Å²) in [6, 6.07) is 22.0. The first-order valence-electron chi connectivity index (χ1n) is 9.57. The SMILES string of the molecule is COc1ccccc1Oc1cnc(N)nc1-c1ccc(OCc2ccccc2)cc1O. The Kier molecular flexibility index (Phi) is 5.84. The van der Waals surface area contributed by atoms with Crippen LogP contribution in [0.15, 0.2) is 79.0 Å². The summed E-state index contributed by atoms with van der Waals surface area (Å²) in [6.07, 6.45) is 1.46. The van der Waals surface area contributed by atoms with E-state index in [1.165, 1.54) is 12.3 Å². The van der Waals surface area contributed by atoms with Crippen LogP contribution in [0.4, 0.5) is 5.95 Å². The molecular formula is C24H21N3O4. The maximum atomic E-state index is 10.7. The van der Waals surface area contributed by atoms with Crippen molar-refractivity contribution in [1.29, 1.82) is 0 Å². The van der Waals surface area contributed by atoms with Gasteiger partial charge < -0.3 is 25.1 Å². The molecule has 0 radical (unpaired) electrons. The van der Waals surface area contributed by atoms with Crippen LogP contribution in [-0.4, -0.2) is 22.2 Å². The number of hydrogen-bond acceptors (Lipinski definition) is 7. The lowest BCUT2D eigenvalue weighted by molar-refractivity contribution is 0.304. The van der Waals surface area contributed by atoms with Gasteiger partial charge in [0.25, 0.3) is 0 Å². The molecule has 3 aromatic carbocycles. The number of nitrogen functional groups attached to an aromatic ring is 1. The van der Waals surface area contributed by atoms with Crippen molar-refractivity contribution in [2.75, 3.05) is 12.8 Å². The van der Waals surface area contributed by atoms with Crippen molar-refractivity contribution in [2.24, 2.45) is 0 Å². The van der Waals surface area contributed by atoms with Gasteiger partial charge in [0.15, 0.2) is 17.2 Å². The first-order chi connectivity index (χ1) is 15.1. The molecule has 0 amide bonds. The van der Waals surface area contributed by atoms with Gasteiger partial charge in [-0.25, -0.2) is 9.97 Å². The van der Waals surface area contributed by atoms with Crippen LogP contribution >= 0.6 is 0 Å². The maximum absolute atomic E-state index is 10.7. The predicted molar refractivity (Wildman–Crippen MR) is 117 cm³/mol. The average molecular weight is 415 g/mol. The number of phenolic OH excluding ortho intramolecular Hbond substituents is 1. The van der Waals surface area contributed by atoms with Gasteiger partial charge in [-0.2, -0.15) is 0 Å². The molecular weight excluding hydrogens is 394 g/mol. The van der Waals surface area contributed by atoms with E-state index in [9.17, 15) is 5.11 Å². The first kappa shape index (κ1) is 20.0. The Morgan fingerprint density at radius 2 is 1.65 bits per heavy atom. The monoisotopic (exact) mass is 415 g/mol. The van der Waals surface area contributed by atoms with E-state index in [2.05, 4.69) is 9.97 Å². The number of nitrogens with zero attached hydrogens (tertiary/aromatic N) is 2. The summed E-state index contributed by atoms with van der Waals surface area (Å²) in [6.45, 7) is 0.391. The maximum Gasteiger partial charge on any atom is 0.220 e. The molecule has 0 aliphatic carbocycles. The van der Waals surface area contributed by atoms with Gasteiger partial charge in [-0.15, -0.1) is 0 Å². The number of benzene rings is 3. The summed E-state index contributed by atoms with van der Waals surface area (Å²) in [4.78, 5) is 8.30. The van der Waals surface area contributed by atoms with E-state index in [0.717, 1.165) is 5.56 Å². The average Bonchev–Trinajstić information content (AvgIpc) is 2.80. The third kappa shape index (κ3) is 4.67. The molecule has 0 aliphatic heterocycles. The number of anilines is 1. The molecule has 7 nitrogen and oxygen atoms in total. The highest BCUT2D eigenvalue weighted by atomic mass is 16.5. The molecule has 31 heavy (non-hydrogen) atoms. The summed E-state index contributed by atoms with van der Waals surface area (Å²) >= 11 is 0. The number of nitrogens with two attached hydrogens (primary N) is 1. The first-order valence-corrected chi connectivity index (χ1v) is 9.57. The van der Waals surface area contributed by atoms with E-state index in [0.29, 0.717) is 40.9 Å². The van der Waals surface area contributed by atoms with Gasteiger partial charge in [0.2, 0.25) is 5.95 Å². The Morgan fingerprint density at radius 3 is 2.39 bits per heavy atom. The van der Waals surface area contributed by atoms with E-state index in [1.807, 2.05) is 42.5 Å². The largest absolute Gasteiger partial charge is 0.507 e. The lowest BCUT2D eigenvalue weighted by atomic mass is 10.1. The zero-order chi connectivity index (χ0) is 21.6. The van der Waals surface area contributed by atoms with E-state index >= 15 is 0 Å². The minimum Gasteiger partial charge on any atom is -0.507 e. The minimum absolute atomic E-state index is 0.0199. The van der Waals surface area contributed by atoms with Gasteiger partial charge in [0.05, 0.1) is 13.3 Å². The topological polar surface area (TPSA) is 99.7 Å². The van der Waals surface area contributed by atoms with E-state index in [-0.39, 0.29) is 11.7 Å². The molecule has 0 unspecified atom stereocenters. The molecule has 0 bridgehead atoms. The van der Waals surface area contributed by atoms with Gasteiger partial charge in [0.1, 0.15) is 23.8 Å². The van der Waals surface area contributed by atoms with Crippen molar-refractivity contribution in [3.05, 3.63) is 84.6 Å². The number of aromatic hydroxyl groups is 1. The quantitative estimate of drug-likeness (QED) is 0.447. The number of hydrogen-bond donors (Lipinski definition) is 2. The Bertz CT molecular complexity index is 1180. The molecule has 4 aromatic rings. The van der Waals surface area contributed by atoms with Crippen molar-refractivity contribution < 1.29 is 19.3 Å². The van der Waals surface area contributed by atoms with Crippen LogP contribution in [-0.2, 0) is 6.61 Å². The zero-order valence-electron chi connectivity index (χ0n) is 16.9. The smallest absolute Gasteiger partial charge is 0.220 e. The van der Waals surface area contributed by atoms with Crippen LogP contribution in [0, 0.1) is 0 Å². The summed E-state index contributed by atoms with van der Waals surface area (Å²) in [5.74, 6) is 1.94. The van der Waals surface area contributed by atoms with E-state index in [4.69, 9.17) is 19.9 Å². The van der Waals surface area contributed by atoms with E-state index < -0.39 is 0 Å². The van der Waals surface area contributed by atoms with Crippen molar-refractivity contribution in [1.82, 2.24) is 9.97 Å². The molecule has 0 saturated carbocycles. The molecule has 1 heterocycles. The summed E-state index contributed by atoms with van der Waals surface area (Å²) < 4.78 is 17.1. The molecule has 156 valence electrons. The molecule has 3 N–H and O–H groups in total. The fourth-order valence-corrected chi connectivity index (χ4v) is 3.02. The highest BCUT2D eigenvalue weighted by molar-refractivity contribution is 5.74. The minimum atomic E-state index is -0.0199. The van der Waals surface area contributed by atoms with Crippen LogP contribution in [0.2, 0.25) is 0 Å². The molecule has 0 spiro atoms. The van der Waals surface area contributed by atoms with Crippen molar-refractivity contribution in [3.63, 3.8) is 0 Å². The van der Waals surface area contributed by atoms with Gasteiger partial charge in [-0.05, 0) is 29.8 Å². The van der Waals surface area contributed by atoms with Gasteiger partial charge in [-0.3, -0.25) is 0 Å². The Labute approximate surface area is 179 Å². The third-order valence-corrected chi connectivity index (χ3v) is 4.54. The van der Waals surface area contributed by atoms with Crippen LogP contribution in [0.3, 0.4) is 0 Å². The van der Waals surface area contributed by atoms with Crippen molar-refractivity contribution in [2.45, 2.75) is 6.61 Å². The number of para-hydroxylation sites is 2. The molecule has 0 aliphatic rings. The predicted octanol–water partition coefficient (Wildman–Crippen LogP) is 4.81. The zero-order valence-corrected chi connectivity index (χ0v) is 16.9. The Balaban J connectivity index is 1.62. The third-order valence-electron chi connectivity index (χ3n) is 4.54. The summed E-state index contributed by atoms with van der Waals surface area (Å²) in [5, 5.41) is 10.7. The van der Waals surface area contributed by atoms with Crippen LogP contribution in [0.25, 0.3) is 11.3 Å². The normalized spacial score (nSPS) is 10.5. The van der Waals surface area contributed by atoms with Crippen molar-refractivity contribution in [3.8, 4) is 40.0 Å². The molecule has 0 saturated heterocycles. The Morgan fingerprint density at radius 1 is 0.903 bits per heavy atom. The second kappa shape index (κ2) is 9.04. The number of ether oxygens (including phenoxy) is 3. The second-order valence-corrected chi connectivity index (χ2v) is 6.65. The molecule has 7 heteroatoms. The van der Waals surface area contributed by atoms with Gasteiger partial charge in [-0.1, -0.05) is 42.5 Å². The lowest BCUT2D eigenvalue weighted by Crippen LogP contribution is -2.00. The van der Waals surface area contributed by atoms with Gasteiger partial charge >= 0.3 is 0 Å². The summed E-state index contributed by atoms with van der Waals surface area (Å²) in [5.41, 5.74) is 7.62. The second-order valence-electron chi connectivity index (χ2n) is 6.65. The van der Waals surface area contributed by atoms with Gasteiger partial charge in [0, 0.05) is 11.6 Å². The fraction of sp³-hybridized carbons (Fsp3) is 0.0833. The molecule has 4 rings (SSSR count). The molecule has 0 atom stereocenters. The van der Waals surface area contributed by atoms with E-state index in [1.54, 1.807) is 31.4 Å². The Hall–Kier alpha value is -4.26. The molecule has 1 aromatic heterocycles. The highest BCUT2D eigenvalue weighted by Gasteiger charge is 2.17. The van der Waals surface area contributed by atoms with Crippen LogP contribution < -0.4 is 19.9 Å². The highest BCUT2D eigenvalue weighted by Crippen LogP contribution is 2.40. The fourth-order valence-electron chi connectivity index (χ4n) is 3.02. The number of rotatable bonds is 7. The lowest BCUT2D eigenvalue weighted by Gasteiger charge is -2.14. The number of aromatic nitrogens is 2. The standard InChI is InChI=1S/C24H21N3O4/c1-29-20-9-5-6-10-21(20)31-22-14-26-24(25)27-23(22)18-12-11-17(13-19(18)28)30-15-16-7-3-2-4-8-16/h2-14,28H,15H2,1H3,(H2,25,26,27). The molecule has 0 fully saturated rings. The van der Waals surface area contributed by atoms with Crippen molar-refractivity contribution >= 4 is 5.95 Å². The number of methoxy groups -OCH3 is 1.